The van der Waals surface area contributed by atoms with E-state index >= 15 is 0 Å². The summed E-state index contributed by atoms with van der Waals surface area (Å²) in [4.78, 5) is 19.7. The average Bonchev–Trinajstić information content (AvgIpc) is 2.54. The van der Waals surface area contributed by atoms with Gasteiger partial charge in [-0.15, -0.1) is 0 Å². The molecule has 0 unspecified atom stereocenters. The molecule has 0 radical (unpaired) electrons. The summed E-state index contributed by atoms with van der Waals surface area (Å²) in [6.45, 7) is 0.831. The van der Waals surface area contributed by atoms with Crippen LogP contribution in [0, 0.1) is 5.82 Å². The van der Waals surface area contributed by atoms with Crippen molar-refractivity contribution in [2.24, 2.45) is 0 Å². The lowest BCUT2D eigenvalue weighted by Gasteiger charge is -2.14. The molecule has 7 heteroatoms. The van der Waals surface area contributed by atoms with E-state index in [1.165, 1.54) is 28.5 Å². The summed E-state index contributed by atoms with van der Waals surface area (Å²) >= 11 is 7.49. The van der Waals surface area contributed by atoms with Crippen LogP contribution in [0.25, 0.3) is 16.6 Å². The first-order chi connectivity index (χ1) is 12.0. The normalized spacial score (nSPS) is 11.4. The largest absolute Gasteiger partial charge is 0.309 e. The van der Waals surface area contributed by atoms with Crippen molar-refractivity contribution in [1.29, 1.82) is 0 Å². The number of hydrogen-bond acceptors (Lipinski definition) is 4. The quantitative estimate of drug-likeness (QED) is 0.500. The highest BCUT2D eigenvalue weighted by Crippen LogP contribution is 2.23. The fourth-order valence-corrected chi connectivity index (χ4v) is 3.68. The van der Waals surface area contributed by atoms with Crippen molar-refractivity contribution in [1.82, 2.24) is 14.5 Å². The Morgan fingerprint density at radius 2 is 2.04 bits per heavy atom. The predicted molar refractivity (Wildman–Crippen MR) is 102 cm³/mol. The van der Waals surface area contributed by atoms with Gasteiger partial charge in [-0.25, -0.2) is 9.37 Å². The maximum Gasteiger partial charge on any atom is 0.266 e. The second-order valence-electron chi connectivity index (χ2n) is 5.83. The molecule has 0 fully saturated rings. The van der Waals surface area contributed by atoms with E-state index in [9.17, 15) is 9.18 Å². The Balaban J connectivity index is 2.18. The van der Waals surface area contributed by atoms with Gasteiger partial charge >= 0.3 is 0 Å². The van der Waals surface area contributed by atoms with Crippen molar-refractivity contribution in [2.45, 2.75) is 5.16 Å². The Hall–Kier alpha value is -1.89. The summed E-state index contributed by atoms with van der Waals surface area (Å²) < 4.78 is 15.1. The van der Waals surface area contributed by atoms with Gasteiger partial charge in [-0.1, -0.05) is 29.4 Å². The molecular formula is C18H17ClFN3OS. The van der Waals surface area contributed by atoms with Crippen LogP contribution >= 0.6 is 23.4 Å². The van der Waals surface area contributed by atoms with Crippen molar-refractivity contribution in [3.05, 3.63) is 63.7 Å². The van der Waals surface area contributed by atoms with E-state index in [0.717, 1.165) is 12.3 Å². The van der Waals surface area contributed by atoms with Crippen LogP contribution in [0.4, 0.5) is 4.39 Å². The lowest BCUT2D eigenvalue weighted by Crippen LogP contribution is -2.22. The molecule has 1 heterocycles. The van der Waals surface area contributed by atoms with E-state index in [2.05, 4.69) is 9.88 Å². The molecule has 1 aromatic heterocycles. The van der Waals surface area contributed by atoms with E-state index in [1.807, 2.05) is 14.1 Å². The lowest BCUT2D eigenvalue weighted by atomic mass is 10.2. The third-order valence-electron chi connectivity index (χ3n) is 3.64. The molecule has 0 aliphatic carbocycles. The van der Waals surface area contributed by atoms with Crippen molar-refractivity contribution >= 4 is 34.3 Å². The number of thioether (sulfide) groups is 1. The zero-order chi connectivity index (χ0) is 18.0. The van der Waals surface area contributed by atoms with Crippen molar-refractivity contribution < 1.29 is 4.39 Å². The molecule has 0 aliphatic heterocycles. The molecule has 0 bridgehead atoms. The summed E-state index contributed by atoms with van der Waals surface area (Å²) in [5.41, 5.74) is 0.763. The van der Waals surface area contributed by atoms with Gasteiger partial charge < -0.3 is 4.90 Å². The summed E-state index contributed by atoms with van der Waals surface area (Å²) in [5, 5.41) is 1.49. The minimum Gasteiger partial charge on any atom is -0.309 e. The third-order valence-corrected chi connectivity index (χ3v) is 4.79. The predicted octanol–water partition coefficient (Wildman–Crippen LogP) is 3.83. The van der Waals surface area contributed by atoms with Gasteiger partial charge in [-0.05, 0) is 50.5 Å². The number of aromatic nitrogens is 2. The summed E-state index contributed by atoms with van der Waals surface area (Å²) in [6, 6.07) is 10.9. The summed E-state index contributed by atoms with van der Waals surface area (Å²) in [5.74, 6) is 0.353. The van der Waals surface area contributed by atoms with Gasteiger partial charge in [0.2, 0.25) is 0 Å². The van der Waals surface area contributed by atoms with Crippen LogP contribution in [-0.4, -0.2) is 40.8 Å². The SMILES string of the molecule is CN(C)CCSc1nc2cc(Cl)ccc2c(=O)n1-c1cccc(F)c1. The zero-order valence-corrected chi connectivity index (χ0v) is 15.4. The van der Waals surface area contributed by atoms with E-state index in [1.54, 1.807) is 30.3 Å². The molecule has 0 aliphatic rings. The van der Waals surface area contributed by atoms with Gasteiger partial charge in [0.05, 0.1) is 16.6 Å². The topological polar surface area (TPSA) is 38.1 Å². The molecule has 3 aromatic rings. The first kappa shape index (κ1) is 17.9. The van der Waals surface area contributed by atoms with Crippen LogP contribution < -0.4 is 5.56 Å². The molecule has 25 heavy (non-hydrogen) atoms. The molecule has 0 amide bonds. The summed E-state index contributed by atoms with van der Waals surface area (Å²) in [7, 11) is 3.96. The molecule has 3 rings (SSSR count). The standard InChI is InChI=1S/C18H17ClFN3OS/c1-22(2)8-9-25-18-21-16-10-12(19)6-7-15(16)17(24)23(18)14-5-3-4-13(20)11-14/h3-7,10-11H,8-9H2,1-2H3. The van der Waals surface area contributed by atoms with Gasteiger partial charge in [0, 0.05) is 17.3 Å². The molecule has 4 nitrogen and oxygen atoms in total. The fraction of sp³-hybridized carbons (Fsp3) is 0.222. The number of nitrogens with zero attached hydrogens (tertiary/aromatic N) is 3. The van der Waals surface area contributed by atoms with Gasteiger partial charge in [0.25, 0.3) is 5.56 Å². The number of benzene rings is 2. The Morgan fingerprint density at radius 3 is 2.76 bits per heavy atom. The van der Waals surface area contributed by atoms with Gasteiger partial charge in [0.15, 0.2) is 5.16 Å². The highest BCUT2D eigenvalue weighted by atomic mass is 35.5. The average molecular weight is 378 g/mol. The first-order valence-corrected chi connectivity index (χ1v) is 9.08. The van der Waals surface area contributed by atoms with Crippen molar-refractivity contribution in [3.63, 3.8) is 0 Å². The first-order valence-electron chi connectivity index (χ1n) is 7.71. The molecular weight excluding hydrogens is 361 g/mol. The zero-order valence-electron chi connectivity index (χ0n) is 13.9. The third kappa shape index (κ3) is 4.03. The van der Waals surface area contributed by atoms with Gasteiger partial charge in [0.1, 0.15) is 5.82 Å². The smallest absolute Gasteiger partial charge is 0.266 e. The Labute approximate surface area is 154 Å². The molecule has 0 saturated heterocycles. The monoisotopic (exact) mass is 377 g/mol. The van der Waals surface area contributed by atoms with Crippen LogP contribution in [0.2, 0.25) is 5.02 Å². The van der Waals surface area contributed by atoms with Crippen LogP contribution in [0.3, 0.4) is 0 Å². The van der Waals surface area contributed by atoms with Gasteiger partial charge in [-0.2, -0.15) is 0 Å². The molecule has 0 atom stereocenters. The Kier molecular flexibility index (Phi) is 5.42. The van der Waals surface area contributed by atoms with E-state index in [4.69, 9.17) is 11.6 Å². The maximum atomic E-state index is 13.7. The molecule has 2 aromatic carbocycles. The highest BCUT2D eigenvalue weighted by molar-refractivity contribution is 7.99. The fourth-order valence-electron chi connectivity index (χ4n) is 2.40. The maximum absolute atomic E-state index is 13.7. The molecule has 130 valence electrons. The van der Waals surface area contributed by atoms with Gasteiger partial charge in [-0.3, -0.25) is 9.36 Å². The van der Waals surface area contributed by atoms with Crippen LogP contribution in [-0.2, 0) is 0 Å². The van der Waals surface area contributed by atoms with Crippen LogP contribution in [0.1, 0.15) is 0 Å². The lowest BCUT2D eigenvalue weighted by molar-refractivity contribution is 0.437. The van der Waals surface area contributed by atoms with E-state index < -0.39 is 5.82 Å². The number of halogens is 2. The van der Waals surface area contributed by atoms with E-state index in [0.29, 0.717) is 26.8 Å². The number of rotatable bonds is 5. The minimum atomic E-state index is -0.398. The molecule has 0 saturated carbocycles. The second kappa shape index (κ2) is 7.56. The number of fused-ring (bicyclic) bond motifs is 1. The Morgan fingerprint density at radius 1 is 1.24 bits per heavy atom. The molecule has 0 spiro atoms. The minimum absolute atomic E-state index is 0.236. The van der Waals surface area contributed by atoms with Crippen LogP contribution in [0.5, 0.6) is 0 Å². The van der Waals surface area contributed by atoms with Crippen molar-refractivity contribution in [2.75, 3.05) is 26.4 Å². The van der Waals surface area contributed by atoms with Crippen molar-refractivity contribution in [3.8, 4) is 5.69 Å². The highest BCUT2D eigenvalue weighted by Gasteiger charge is 2.14. The second-order valence-corrected chi connectivity index (χ2v) is 7.33. The number of hydrogen-bond donors (Lipinski definition) is 0. The Bertz CT molecular complexity index is 974. The van der Waals surface area contributed by atoms with Crippen LogP contribution in [0.15, 0.2) is 52.4 Å². The summed E-state index contributed by atoms with van der Waals surface area (Å²) in [6.07, 6.45) is 0. The van der Waals surface area contributed by atoms with E-state index in [-0.39, 0.29) is 5.56 Å². The molecule has 0 N–H and O–H groups in total.